The lowest BCUT2D eigenvalue weighted by molar-refractivity contribution is -0.119. The first-order chi connectivity index (χ1) is 8.79. The van der Waals surface area contributed by atoms with E-state index in [1.807, 2.05) is 0 Å². The van der Waals surface area contributed by atoms with Crippen LogP contribution in [0, 0.1) is 0 Å². The number of rotatable bonds is 3. The van der Waals surface area contributed by atoms with Crippen LogP contribution in [0.4, 0.5) is 0 Å². The fourth-order valence-electron chi connectivity index (χ4n) is 1.73. The van der Waals surface area contributed by atoms with Crippen molar-refractivity contribution < 1.29 is 22.8 Å². The van der Waals surface area contributed by atoms with E-state index in [1.165, 1.54) is 12.1 Å². The number of benzene rings is 1. The molecule has 1 aromatic rings. The Labute approximate surface area is 109 Å². The van der Waals surface area contributed by atoms with Gasteiger partial charge in [0.2, 0.25) is 0 Å². The molecular formula is C11H9N2O5S. The van der Waals surface area contributed by atoms with Crippen molar-refractivity contribution in [2.45, 2.75) is 0 Å². The minimum atomic E-state index is -3.84. The van der Waals surface area contributed by atoms with E-state index in [4.69, 9.17) is 0 Å². The number of hydrogen-bond donors (Lipinski definition) is 0. The minimum Gasteiger partial charge on any atom is -0.270 e. The summed E-state index contributed by atoms with van der Waals surface area (Å²) in [7, 11) is -3.84. The number of fused-ring (bicyclic) bond motifs is 1. The fourth-order valence-corrected chi connectivity index (χ4v) is 2.16. The molecule has 1 aliphatic heterocycles. The number of hydrogen-bond acceptors (Lipinski definition) is 5. The zero-order valence-electron chi connectivity index (χ0n) is 9.86. The molecule has 3 amide bonds. The largest absolute Gasteiger partial charge is 0.276 e. The van der Waals surface area contributed by atoms with Crippen molar-refractivity contribution in [1.29, 1.82) is 0 Å². The van der Waals surface area contributed by atoms with E-state index in [-0.39, 0.29) is 11.1 Å². The summed E-state index contributed by atoms with van der Waals surface area (Å²) in [6.45, 7) is -0.681. The van der Waals surface area contributed by atoms with Crippen LogP contribution in [-0.2, 0) is 14.8 Å². The van der Waals surface area contributed by atoms with Gasteiger partial charge in [-0.1, -0.05) is 12.1 Å². The van der Waals surface area contributed by atoms with E-state index in [1.54, 1.807) is 12.1 Å². The van der Waals surface area contributed by atoms with Crippen LogP contribution in [0.5, 0.6) is 0 Å². The molecule has 0 saturated heterocycles. The molecule has 0 aromatic heterocycles. The number of imide groups is 1. The molecule has 19 heavy (non-hydrogen) atoms. The highest BCUT2D eigenvalue weighted by atomic mass is 32.2. The standard InChI is InChI=1S/C11H9N2O5S/c1-19(17,18)12-9(14)6-13-10(15)7-4-2-3-5-8(7)11(13)16/h2-5H,6H2,1H3. The van der Waals surface area contributed by atoms with Gasteiger partial charge in [0.05, 0.1) is 17.4 Å². The molecule has 99 valence electrons. The van der Waals surface area contributed by atoms with Crippen LogP contribution in [0.2, 0.25) is 0 Å². The number of carbonyl (C=O) groups is 3. The quantitative estimate of drug-likeness (QED) is 0.686. The van der Waals surface area contributed by atoms with E-state index in [2.05, 4.69) is 4.72 Å². The second kappa shape index (κ2) is 4.47. The lowest BCUT2D eigenvalue weighted by Crippen LogP contribution is -2.39. The third kappa shape index (κ3) is 2.63. The number of amides is 3. The van der Waals surface area contributed by atoms with E-state index < -0.39 is 34.3 Å². The summed E-state index contributed by atoms with van der Waals surface area (Å²) in [6.07, 6.45) is 0.757. The Kier molecular flexibility index (Phi) is 3.11. The summed E-state index contributed by atoms with van der Waals surface area (Å²) in [4.78, 5) is 35.8. The molecular weight excluding hydrogens is 272 g/mol. The monoisotopic (exact) mass is 281 g/mol. The second-order valence-corrected chi connectivity index (χ2v) is 5.61. The van der Waals surface area contributed by atoms with Gasteiger partial charge < -0.3 is 0 Å². The average Bonchev–Trinajstić information content (AvgIpc) is 2.53. The maximum absolute atomic E-state index is 11.9. The Morgan fingerprint density at radius 1 is 1.16 bits per heavy atom. The van der Waals surface area contributed by atoms with Gasteiger partial charge in [0.15, 0.2) is 0 Å². The van der Waals surface area contributed by atoms with Crippen LogP contribution < -0.4 is 4.72 Å². The fraction of sp³-hybridized carbons (Fsp3) is 0.182. The zero-order chi connectivity index (χ0) is 14.2. The Balaban J connectivity index is 2.19. The Hall–Kier alpha value is -2.22. The van der Waals surface area contributed by atoms with Crippen molar-refractivity contribution >= 4 is 27.7 Å². The van der Waals surface area contributed by atoms with Gasteiger partial charge in [0.1, 0.15) is 6.54 Å². The molecule has 8 heteroatoms. The number of carbonyl (C=O) groups excluding carboxylic acids is 3. The van der Waals surface area contributed by atoms with E-state index in [0.717, 1.165) is 6.26 Å². The summed E-state index contributed by atoms with van der Waals surface area (Å²) in [5.74, 6) is -2.31. The Bertz CT molecular complexity index is 645. The second-order valence-electron chi connectivity index (χ2n) is 3.96. The van der Waals surface area contributed by atoms with Crippen LogP contribution in [0.25, 0.3) is 0 Å². The van der Waals surface area contributed by atoms with Gasteiger partial charge in [-0.05, 0) is 12.1 Å². The molecule has 1 aliphatic rings. The van der Waals surface area contributed by atoms with Crippen molar-refractivity contribution in [3.05, 3.63) is 35.4 Å². The highest BCUT2D eigenvalue weighted by Gasteiger charge is 2.36. The van der Waals surface area contributed by atoms with Crippen molar-refractivity contribution in [2.24, 2.45) is 0 Å². The summed E-state index contributed by atoms with van der Waals surface area (Å²) in [5, 5.41) is 0. The average molecular weight is 281 g/mol. The van der Waals surface area contributed by atoms with Crippen LogP contribution in [0.3, 0.4) is 0 Å². The summed E-state index contributed by atoms with van der Waals surface area (Å²) in [6, 6.07) is 6.12. The predicted octanol–water partition coefficient (Wildman–Crippen LogP) is -0.627. The SMILES string of the molecule is CS(=O)(=O)[N]C(=O)CN1C(=O)c2ccccc2C1=O. The first-order valence-electron chi connectivity index (χ1n) is 5.20. The van der Waals surface area contributed by atoms with Crippen LogP contribution in [-0.4, -0.2) is 43.8 Å². The van der Waals surface area contributed by atoms with E-state index in [0.29, 0.717) is 4.90 Å². The van der Waals surface area contributed by atoms with Gasteiger partial charge in [-0.25, -0.2) is 8.42 Å². The maximum atomic E-state index is 11.9. The maximum Gasteiger partial charge on any atom is 0.276 e. The molecule has 0 saturated carbocycles. The molecule has 0 aliphatic carbocycles. The van der Waals surface area contributed by atoms with Gasteiger partial charge in [-0.15, -0.1) is 4.72 Å². The lowest BCUT2D eigenvalue weighted by atomic mass is 10.1. The molecule has 1 aromatic carbocycles. The lowest BCUT2D eigenvalue weighted by Gasteiger charge is -2.11. The molecule has 0 fully saturated rings. The van der Waals surface area contributed by atoms with Crippen molar-refractivity contribution in [1.82, 2.24) is 9.62 Å². The molecule has 0 N–H and O–H groups in total. The first kappa shape index (κ1) is 13.2. The van der Waals surface area contributed by atoms with Crippen LogP contribution in [0.1, 0.15) is 20.7 Å². The number of nitrogens with zero attached hydrogens (tertiary/aromatic N) is 2. The van der Waals surface area contributed by atoms with E-state index in [9.17, 15) is 22.8 Å². The molecule has 1 radical (unpaired) electrons. The third-order valence-corrected chi connectivity index (χ3v) is 2.97. The van der Waals surface area contributed by atoms with Crippen molar-refractivity contribution in [3.63, 3.8) is 0 Å². The molecule has 1 heterocycles. The normalized spacial score (nSPS) is 14.5. The highest BCUT2D eigenvalue weighted by Crippen LogP contribution is 2.21. The Morgan fingerprint density at radius 3 is 2.05 bits per heavy atom. The van der Waals surface area contributed by atoms with Gasteiger partial charge in [-0.3, -0.25) is 19.3 Å². The smallest absolute Gasteiger partial charge is 0.270 e. The molecule has 0 unspecified atom stereocenters. The van der Waals surface area contributed by atoms with Crippen LogP contribution >= 0.6 is 0 Å². The molecule has 0 atom stereocenters. The zero-order valence-corrected chi connectivity index (χ0v) is 10.7. The Morgan fingerprint density at radius 2 is 1.63 bits per heavy atom. The molecule has 7 nitrogen and oxygen atoms in total. The summed E-state index contributed by atoms with van der Waals surface area (Å²) >= 11 is 0. The predicted molar refractivity (Wildman–Crippen MR) is 63.8 cm³/mol. The summed E-state index contributed by atoms with van der Waals surface area (Å²) < 4.78 is 24.5. The van der Waals surface area contributed by atoms with Crippen LogP contribution in [0.15, 0.2) is 24.3 Å². The van der Waals surface area contributed by atoms with Gasteiger partial charge >= 0.3 is 0 Å². The van der Waals surface area contributed by atoms with Gasteiger partial charge in [-0.2, -0.15) is 0 Å². The molecule has 0 bridgehead atoms. The first-order valence-corrected chi connectivity index (χ1v) is 7.05. The van der Waals surface area contributed by atoms with Gasteiger partial charge in [0.25, 0.3) is 27.7 Å². The highest BCUT2D eigenvalue weighted by molar-refractivity contribution is 7.89. The van der Waals surface area contributed by atoms with E-state index >= 15 is 0 Å². The third-order valence-electron chi connectivity index (χ3n) is 2.44. The molecule has 2 rings (SSSR count). The van der Waals surface area contributed by atoms with Gasteiger partial charge in [0, 0.05) is 0 Å². The van der Waals surface area contributed by atoms with Crippen molar-refractivity contribution in [2.75, 3.05) is 12.8 Å². The summed E-state index contributed by atoms with van der Waals surface area (Å²) in [5.41, 5.74) is 0.388. The number of sulfonamides is 1. The minimum absolute atomic E-state index is 0.194. The molecule has 0 spiro atoms. The topological polar surface area (TPSA) is 103 Å². The van der Waals surface area contributed by atoms with Crippen molar-refractivity contribution in [3.8, 4) is 0 Å².